The number of ether oxygens (including phenoxy) is 1. The molecule has 0 spiro atoms. The van der Waals surface area contributed by atoms with Gasteiger partial charge in [-0.3, -0.25) is 4.79 Å². The molecule has 0 aromatic rings. The summed E-state index contributed by atoms with van der Waals surface area (Å²) in [6, 6.07) is 0. The molecule has 0 bridgehead atoms. The van der Waals surface area contributed by atoms with E-state index in [2.05, 4.69) is 0 Å². The number of hydrogen-bond acceptors (Lipinski definition) is 3. The molecule has 1 aliphatic rings. The van der Waals surface area contributed by atoms with Crippen molar-refractivity contribution in [2.24, 2.45) is 17.6 Å². The van der Waals surface area contributed by atoms with Gasteiger partial charge in [0, 0.05) is 6.42 Å². The van der Waals surface area contributed by atoms with Crippen LogP contribution >= 0.6 is 0 Å². The second kappa shape index (κ2) is 6.39. The summed E-state index contributed by atoms with van der Waals surface area (Å²) >= 11 is 0. The third-order valence-corrected chi connectivity index (χ3v) is 3.47. The maximum Gasteiger partial charge on any atom is 0.306 e. The first kappa shape index (κ1) is 14.5. The summed E-state index contributed by atoms with van der Waals surface area (Å²) < 4.78 is 5.37. The van der Waals surface area contributed by atoms with Gasteiger partial charge in [0.25, 0.3) is 0 Å². The molecule has 0 heterocycles. The second-order valence-electron chi connectivity index (χ2n) is 6.18. The molecule has 1 rings (SSSR count). The van der Waals surface area contributed by atoms with E-state index in [0.29, 0.717) is 24.8 Å². The van der Waals surface area contributed by atoms with E-state index in [1.807, 2.05) is 20.8 Å². The van der Waals surface area contributed by atoms with Crippen LogP contribution in [0.15, 0.2) is 0 Å². The van der Waals surface area contributed by atoms with Crippen molar-refractivity contribution >= 4 is 5.97 Å². The Morgan fingerprint density at radius 2 is 1.88 bits per heavy atom. The third-order valence-electron chi connectivity index (χ3n) is 3.47. The Morgan fingerprint density at radius 3 is 2.35 bits per heavy atom. The van der Waals surface area contributed by atoms with E-state index in [4.69, 9.17) is 10.5 Å². The average Bonchev–Trinajstić information content (AvgIpc) is 2.24. The largest absolute Gasteiger partial charge is 0.460 e. The van der Waals surface area contributed by atoms with Gasteiger partial charge in [0.2, 0.25) is 0 Å². The molecule has 0 radical (unpaired) electrons. The van der Waals surface area contributed by atoms with Gasteiger partial charge in [0.15, 0.2) is 0 Å². The minimum atomic E-state index is -0.386. The number of rotatable bonds is 4. The topological polar surface area (TPSA) is 52.3 Å². The Kier molecular flexibility index (Phi) is 5.44. The molecule has 1 fully saturated rings. The molecule has 1 atom stereocenters. The van der Waals surface area contributed by atoms with Crippen LogP contribution in [0.4, 0.5) is 0 Å². The molecule has 17 heavy (non-hydrogen) atoms. The summed E-state index contributed by atoms with van der Waals surface area (Å²) in [4.78, 5) is 11.8. The summed E-state index contributed by atoms with van der Waals surface area (Å²) in [5.41, 5.74) is 5.42. The summed E-state index contributed by atoms with van der Waals surface area (Å²) in [7, 11) is 0. The lowest BCUT2D eigenvalue weighted by Gasteiger charge is -2.29. The minimum absolute atomic E-state index is 0.0986. The van der Waals surface area contributed by atoms with Gasteiger partial charge in [0.05, 0.1) is 0 Å². The number of nitrogens with two attached hydrogens (primary N) is 1. The molecule has 0 aliphatic heterocycles. The van der Waals surface area contributed by atoms with Crippen molar-refractivity contribution in [3.05, 3.63) is 0 Å². The predicted molar refractivity (Wildman–Crippen MR) is 69.6 cm³/mol. The molecule has 0 saturated heterocycles. The van der Waals surface area contributed by atoms with Gasteiger partial charge in [-0.1, -0.05) is 32.1 Å². The SMILES string of the molecule is CC(C)(C)OC(=O)C[C@@H](CN)C1CCCCC1. The van der Waals surface area contributed by atoms with Crippen LogP contribution in [0.1, 0.15) is 59.3 Å². The fourth-order valence-corrected chi connectivity index (χ4v) is 2.65. The first-order valence-corrected chi connectivity index (χ1v) is 6.84. The van der Waals surface area contributed by atoms with Crippen molar-refractivity contribution in [1.29, 1.82) is 0 Å². The molecule has 0 amide bonds. The van der Waals surface area contributed by atoms with E-state index >= 15 is 0 Å². The predicted octanol–water partition coefficient (Wildman–Crippen LogP) is 2.87. The van der Waals surface area contributed by atoms with E-state index in [1.54, 1.807) is 0 Å². The van der Waals surface area contributed by atoms with Gasteiger partial charge in [-0.05, 0) is 39.2 Å². The van der Waals surface area contributed by atoms with Crippen LogP contribution in [-0.4, -0.2) is 18.1 Å². The summed E-state index contributed by atoms with van der Waals surface area (Å²) in [6.45, 7) is 6.32. The number of esters is 1. The summed E-state index contributed by atoms with van der Waals surface area (Å²) in [6.07, 6.45) is 6.85. The highest BCUT2D eigenvalue weighted by molar-refractivity contribution is 5.70. The van der Waals surface area contributed by atoms with Crippen LogP contribution in [0.25, 0.3) is 0 Å². The van der Waals surface area contributed by atoms with Crippen molar-refractivity contribution in [3.63, 3.8) is 0 Å². The Labute approximate surface area is 105 Å². The average molecular weight is 241 g/mol. The maximum atomic E-state index is 11.8. The highest BCUT2D eigenvalue weighted by Gasteiger charge is 2.26. The monoisotopic (exact) mass is 241 g/mol. The zero-order valence-corrected chi connectivity index (χ0v) is 11.5. The van der Waals surface area contributed by atoms with Crippen LogP contribution in [0.3, 0.4) is 0 Å². The minimum Gasteiger partial charge on any atom is -0.460 e. The lowest BCUT2D eigenvalue weighted by atomic mass is 9.78. The molecule has 1 saturated carbocycles. The molecule has 0 aromatic heterocycles. The number of carbonyl (C=O) groups is 1. The molecule has 100 valence electrons. The van der Waals surface area contributed by atoms with Gasteiger partial charge in [0.1, 0.15) is 5.60 Å². The molecule has 1 aliphatic carbocycles. The molecule has 3 heteroatoms. The quantitative estimate of drug-likeness (QED) is 0.770. The lowest BCUT2D eigenvalue weighted by molar-refractivity contribution is -0.156. The van der Waals surface area contributed by atoms with E-state index in [0.717, 1.165) is 0 Å². The van der Waals surface area contributed by atoms with Gasteiger partial charge in [-0.2, -0.15) is 0 Å². The first-order chi connectivity index (χ1) is 7.92. The highest BCUT2D eigenvalue weighted by Crippen LogP contribution is 2.31. The van der Waals surface area contributed by atoms with Gasteiger partial charge >= 0.3 is 5.97 Å². The second-order valence-corrected chi connectivity index (χ2v) is 6.18. The maximum absolute atomic E-state index is 11.8. The summed E-state index contributed by atoms with van der Waals surface area (Å²) in [5.74, 6) is 0.838. The molecule has 0 unspecified atom stereocenters. The lowest BCUT2D eigenvalue weighted by Crippen LogP contribution is -2.31. The number of hydrogen-bond donors (Lipinski definition) is 1. The fourth-order valence-electron chi connectivity index (χ4n) is 2.65. The van der Waals surface area contributed by atoms with Crippen molar-refractivity contribution in [2.75, 3.05) is 6.54 Å². The van der Waals surface area contributed by atoms with Gasteiger partial charge in [-0.25, -0.2) is 0 Å². The third kappa shape index (κ3) is 5.53. The van der Waals surface area contributed by atoms with Crippen molar-refractivity contribution in [2.45, 2.75) is 64.9 Å². The van der Waals surface area contributed by atoms with Crippen LogP contribution in [-0.2, 0) is 9.53 Å². The normalized spacial score (nSPS) is 20.0. The molecular weight excluding hydrogens is 214 g/mol. The molecule has 0 aromatic carbocycles. The van der Waals surface area contributed by atoms with Crippen LogP contribution in [0.2, 0.25) is 0 Å². The molecular formula is C14H27NO2. The van der Waals surface area contributed by atoms with Crippen molar-refractivity contribution in [3.8, 4) is 0 Å². The van der Waals surface area contributed by atoms with E-state index in [-0.39, 0.29) is 11.6 Å². The van der Waals surface area contributed by atoms with E-state index in [9.17, 15) is 4.79 Å². The Bertz CT molecular complexity index is 239. The van der Waals surface area contributed by atoms with Crippen LogP contribution < -0.4 is 5.73 Å². The van der Waals surface area contributed by atoms with Crippen molar-refractivity contribution < 1.29 is 9.53 Å². The molecule has 2 N–H and O–H groups in total. The van der Waals surface area contributed by atoms with Crippen molar-refractivity contribution in [1.82, 2.24) is 0 Å². The zero-order chi connectivity index (χ0) is 12.9. The molecule has 3 nitrogen and oxygen atoms in total. The van der Waals surface area contributed by atoms with E-state index in [1.165, 1.54) is 32.1 Å². The Balaban J connectivity index is 2.42. The fraction of sp³-hybridized carbons (Fsp3) is 0.929. The Morgan fingerprint density at radius 1 is 1.29 bits per heavy atom. The zero-order valence-electron chi connectivity index (χ0n) is 11.5. The van der Waals surface area contributed by atoms with Gasteiger partial charge < -0.3 is 10.5 Å². The highest BCUT2D eigenvalue weighted by atomic mass is 16.6. The summed E-state index contributed by atoms with van der Waals surface area (Å²) in [5, 5.41) is 0. The smallest absolute Gasteiger partial charge is 0.306 e. The Hall–Kier alpha value is -0.570. The van der Waals surface area contributed by atoms with Gasteiger partial charge in [-0.15, -0.1) is 0 Å². The first-order valence-electron chi connectivity index (χ1n) is 6.84. The van der Waals surface area contributed by atoms with Crippen LogP contribution in [0.5, 0.6) is 0 Å². The number of carbonyl (C=O) groups excluding carboxylic acids is 1. The van der Waals surface area contributed by atoms with Crippen LogP contribution in [0, 0.1) is 11.8 Å². The standard InChI is InChI=1S/C14H27NO2/c1-14(2,3)17-13(16)9-12(10-15)11-7-5-4-6-8-11/h11-12H,4-10,15H2,1-3H3/t12-/m0/s1. The van der Waals surface area contributed by atoms with E-state index < -0.39 is 0 Å².